The van der Waals surface area contributed by atoms with Gasteiger partial charge in [-0.25, -0.2) is 4.79 Å². The second kappa shape index (κ2) is 5.98. The van der Waals surface area contributed by atoms with Crippen molar-refractivity contribution in [2.45, 2.75) is 19.4 Å². The zero-order valence-corrected chi connectivity index (χ0v) is 11.3. The van der Waals surface area contributed by atoms with Crippen molar-refractivity contribution in [3.05, 3.63) is 35.2 Å². The summed E-state index contributed by atoms with van der Waals surface area (Å²) in [6.07, 6.45) is 0.0484. The van der Waals surface area contributed by atoms with Crippen molar-refractivity contribution in [1.82, 2.24) is 0 Å². The third-order valence-corrected chi connectivity index (χ3v) is 3.84. The monoisotopic (exact) mass is 264 g/mol. The summed E-state index contributed by atoms with van der Waals surface area (Å²) >= 11 is 1.69. The van der Waals surface area contributed by atoms with Crippen molar-refractivity contribution in [2.24, 2.45) is 0 Å². The topological polar surface area (TPSA) is 35.5 Å². The predicted molar refractivity (Wildman–Crippen MR) is 73.0 cm³/mol. The number of hydrogen-bond acceptors (Lipinski definition) is 4. The summed E-state index contributed by atoms with van der Waals surface area (Å²) in [4.78, 5) is 12.8. The lowest BCUT2D eigenvalue weighted by Crippen LogP contribution is -2.27. The van der Waals surface area contributed by atoms with Crippen molar-refractivity contribution < 1.29 is 14.3 Å². The molecular weight excluding hydrogens is 248 g/mol. The van der Waals surface area contributed by atoms with E-state index in [1.54, 1.807) is 18.3 Å². The molecule has 0 fully saturated rings. The van der Waals surface area contributed by atoms with Gasteiger partial charge in [-0.1, -0.05) is 18.2 Å². The number of ether oxygens (including phenoxy) is 2. The molecule has 2 rings (SSSR count). The summed E-state index contributed by atoms with van der Waals surface area (Å²) < 4.78 is 11.4. The van der Waals surface area contributed by atoms with Crippen LogP contribution in [0.2, 0.25) is 0 Å². The molecule has 0 aliphatic heterocycles. The molecule has 1 aromatic carbocycles. The molecule has 18 heavy (non-hydrogen) atoms. The molecule has 96 valence electrons. The molecule has 1 aromatic heterocycles. The predicted octanol–water partition coefficient (Wildman–Crippen LogP) is 3.02. The van der Waals surface area contributed by atoms with Crippen LogP contribution < -0.4 is 0 Å². The van der Waals surface area contributed by atoms with E-state index in [0.29, 0.717) is 13.0 Å². The lowest BCUT2D eigenvalue weighted by Gasteiger charge is -2.12. The number of rotatable bonds is 5. The Kier molecular flexibility index (Phi) is 4.33. The molecule has 3 nitrogen and oxygen atoms in total. The van der Waals surface area contributed by atoms with Gasteiger partial charge in [0, 0.05) is 23.1 Å². The molecule has 4 heteroatoms. The molecule has 0 radical (unpaired) electrons. The third-order valence-electron chi connectivity index (χ3n) is 2.70. The second-order valence-corrected chi connectivity index (χ2v) is 5.10. The zero-order valence-electron chi connectivity index (χ0n) is 10.5. The van der Waals surface area contributed by atoms with Crippen LogP contribution in [0.15, 0.2) is 30.3 Å². The number of thiophene rings is 1. The van der Waals surface area contributed by atoms with Crippen LogP contribution in [0, 0.1) is 0 Å². The maximum Gasteiger partial charge on any atom is 0.335 e. The van der Waals surface area contributed by atoms with Gasteiger partial charge in [0.15, 0.2) is 6.10 Å². The number of methoxy groups -OCH3 is 1. The van der Waals surface area contributed by atoms with Crippen molar-refractivity contribution in [2.75, 3.05) is 13.7 Å². The molecule has 0 saturated heterocycles. The van der Waals surface area contributed by atoms with Gasteiger partial charge in [0.2, 0.25) is 0 Å². The van der Waals surface area contributed by atoms with Crippen LogP contribution in [-0.4, -0.2) is 25.8 Å². The van der Waals surface area contributed by atoms with Crippen LogP contribution in [0.5, 0.6) is 0 Å². The number of carbonyl (C=O) groups excluding carboxylic acids is 1. The van der Waals surface area contributed by atoms with Crippen LogP contribution in [0.4, 0.5) is 0 Å². The summed E-state index contributed by atoms with van der Waals surface area (Å²) in [5, 5.41) is 1.20. The van der Waals surface area contributed by atoms with E-state index in [4.69, 9.17) is 9.47 Å². The van der Waals surface area contributed by atoms with Crippen LogP contribution >= 0.6 is 11.3 Å². The molecule has 0 aliphatic carbocycles. The summed E-state index contributed by atoms with van der Waals surface area (Å²) in [5.41, 5.74) is 0. The molecule has 0 aliphatic rings. The van der Waals surface area contributed by atoms with E-state index in [2.05, 4.69) is 18.2 Å². The maximum absolute atomic E-state index is 11.7. The first-order valence-electron chi connectivity index (χ1n) is 5.91. The van der Waals surface area contributed by atoms with E-state index < -0.39 is 6.10 Å². The Bertz CT molecular complexity index is 500. The van der Waals surface area contributed by atoms with Crippen LogP contribution in [0.3, 0.4) is 0 Å². The van der Waals surface area contributed by atoms with E-state index in [-0.39, 0.29) is 5.97 Å². The lowest BCUT2D eigenvalue weighted by atomic mass is 10.2. The van der Waals surface area contributed by atoms with Crippen molar-refractivity contribution in [1.29, 1.82) is 0 Å². The van der Waals surface area contributed by atoms with Gasteiger partial charge >= 0.3 is 5.97 Å². The number of hydrogen-bond donors (Lipinski definition) is 0. The highest BCUT2D eigenvalue weighted by Gasteiger charge is 2.20. The SMILES string of the molecule is CCOC(=O)C(Cc1cc2ccccc2s1)OC. The zero-order chi connectivity index (χ0) is 13.0. The number of fused-ring (bicyclic) bond motifs is 1. The Labute approximate surface area is 110 Å². The standard InChI is InChI=1S/C14H16O3S/c1-3-17-14(15)12(16-2)9-11-8-10-6-4-5-7-13(10)18-11/h4-8,12H,3,9H2,1-2H3. The highest BCUT2D eigenvalue weighted by Crippen LogP contribution is 2.26. The van der Waals surface area contributed by atoms with Crippen LogP contribution in [0.1, 0.15) is 11.8 Å². The molecule has 1 atom stereocenters. The molecule has 0 bridgehead atoms. The van der Waals surface area contributed by atoms with E-state index >= 15 is 0 Å². The first-order valence-corrected chi connectivity index (χ1v) is 6.73. The fourth-order valence-electron chi connectivity index (χ4n) is 1.82. The van der Waals surface area contributed by atoms with E-state index in [1.165, 1.54) is 17.2 Å². The summed E-state index contributed by atoms with van der Waals surface area (Å²) in [6.45, 7) is 2.18. The Morgan fingerprint density at radius 3 is 2.83 bits per heavy atom. The average Bonchev–Trinajstić information content (AvgIpc) is 2.78. The first kappa shape index (κ1) is 13.1. The number of benzene rings is 1. The van der Waals surface area contributed by atoms with Gasteiger partial charge in [0.25, 0.3) is 0 Å². The Morgan fingerprint density at radius 1 is 1.39 bits per heavy atom. The molecule has 0 amide bonds. The van der Waals surface area contributed by atoms with E-state index in [9.17, 15) is 4.79 Å². The third kappa shape index (κ3) is 2.89. The highest BCUT2D eigenvalue weighted by molar-refractivity contribution is 7.19. The Hall–Kier alpha value is -1.39. The van der Waals surface area contributed by atoms with Gasteiger partial charge in [-0.3, -0.25) is 0 Å². The molecule has 0 spiro atoms. The van der Waals surface area contributed by atoms with E-state index in [0.717, 1.165) is 4.88 Å². The Morgan fingerprint density at radius 2 is 2.17 bits per heavy atom. The quantitative estimate of drug-likeness (QED) is 0.779. The fraction of sp³-hybridized carbons (Fsp3) is 0.357. The van der Waals surface area contributed by atoms with E-state index in [1.807, 2.05) is 12.1 Å². The number of carbonyl (C=O) groups is 1. The second-order valence-electron chi connectivity index (χ2n) is 3.93. The van der Waals surface area contributed by atoms with Gasteiger partial charge in [-0.15, -0.1) is 11.3 Å². The van der Waals surface area contributed by atoms with Gasteiger partial charge in [-0.05, 0) is 24.4 Å². The molecule has 1 heterocycles. The smallest absolute Gasteiger partial charge is 0.335 e. The highest BCUT2D eigenvalue weighted by atomic mass is 32.1. The summed E-state index contributed by atoms with van der Waals surface area (Å²) in [7, 11) is 1.54. The largest absolute Gasteiger partial charge is 0.464 e. The molecule has 2 aromatic rings. The summed E-state index contributed by atoms with van der Waals surface area (Å²) in [6, 6.07) is 10.3. The van der Waals surface area contributed by atoms with Gasteiger partial charge in [-0.2, -0.15) is 0 Å². The van der Waals surface area contributed by atoms with Crippen molar-refractivity contribution in [3.63, 3.8) is 0 Å². The van der Waals surface area contributed by atoms with Crippen LogP contribution in [-0.2, 0) is 20.7 Å². The summed E-state index contributed by atoms with van der Waals surface area (Å²) in [5.74, 6) is -0.294. The minimum atomic E-state index is -0.516. The van der Waals surface area contributed by atoms with Crippen molar-refractivity contribution in [3.8, 4) is 0 Å². The molecular formula is C14H16O3S. The maximum atomic E-state index is 11.7. The minimum absolute atomic E-state index is 0.294. The molecule has 0 N–H and O–H groups in total. The molecule has 0 saturated carbocycles. The van der Waals surface area contributed by atoms with Crippen molar-refractivity contribution >= 4 is 27.4 Å². The normalized spacial score (nSPS) is 12.6. The minimum Gasteiger partial charge on any atom is -0.464 e. The van der Waals surface area contributed by atoms with Crippen LogP contribution in [0.25, 0.3) is 10.1 Å². The number of esters is 1. The average molecular weight is 264 g/mol. The fourth-order valence-corrected chi connectivity index (χ4v) is 2.91. The lowest BCUT2D eigenvalue weighted by molar-refractivity contribution is -0.154. The van der Waals surface area contributed by atoms with Gasteiger partial charge in [0.1, 0.15) is 0 Å². The molecule has 1 unspecified atom stereocenters. The van der Waals surface area contributed by atoms with Gasteiger partial charge < -0.3 is 9.47 Å². The first-order chi connectivity index (χ1) is 8.74. The van der Waals surface area contributed by atoms with Gasteiger partial charge in [0.05, 0.1) is 6.61 Å². The Balaban J connectivity index is 2.13.